The summed E-state index contributed by atoms with van der Waals surface area (Å²) in [6.07, 6.45) is 0.821. The van der Waals surface area contributed by atoms with Gasteiger partial charge in [0.1, 0.15) is 5.82 Å². The van der Waals surface area contributed by atoms with Crippen LogP contribution in [0.2, 0.25) is 0 Å². The summed E-state index contributed by atoms with van der Waals surface area (Å²) in [5.74, 6) is -0.425. The molecule has 1 N–H and O–H groups in total. The lowest BCUT2D eigenvalue weighted by atomic mass is 9.99. The first-order chi connectivity index (χ1) is 8.17. The lowest BCUT2D eigenvalue weighted by Crippen LogP contribution is -2.37. The Morgan fingerprint density at radius 1 is 1.59 bits per heavy atom. The summed E-state index contributed by atoms with van der Waals surface area (Å²) < 4.78 is 13.2. The fraction of sp³-hybridized carbons (Fsp3) is 0.333. The van der Waals surface area contributed by atoms with E-state index in [0.29, 0.717) is 36.3 Å². The molecule has 0 radical (unpaired) electrons. The van der Waals surface area contributed by atoms with Crippen molar-refractivity contribution in [2.75, 3.05) is 11.4 Å². The average molecular weight is 236 g/mol. The van der Waals surface area contributed by atoms with E-state index in [1.54, 1.807) is 17.9 Å². The highest BCUT2D eigenvalue weighted by Gasteiger charge is 2.25. The summed E-state index contributed by atoms with van der Waals surface area (Å²) in [6, 6.07) is 4.14. The van der Waals surface area contributed by atoms with E-state index in [1.807, 2.05) is 0 Å². The van der Waals surface area contributed by atoms with Crippen LogP contribution in [0.25, 0.3) is 0 Å². The van der Waals surface area contributed by atoms with E-state index in [2.05, 4.69) is 5.16 Å². The van der Waals surface area contributed by atoms with Gasteiger partial charge in [-0.15, -0.1) is 0 Å². The third-order valence-corrected chi connectivity index (χ3v) is 2.86. The van der Waals surface area contributed by atoms with Crippen molar-refractivity contribution < 1.29 is 14.4 Å². The highest BCUT2D eigenvalue weighted by molar-refractivity contribution is 6.11. The molecule has 0 aromatic heterocycles. The number of fused-ring (bicyclic) bond motifs is 1. The molecule has 2 rings (SSSR count). The Morgan fingerprint density at radius 2 is 2.35 bits per heavy atom. The summed E-state index contributed by atoms with van der Waals surface area (Å²) in [5, 5.41) is 12.0. The van der Waals surface area contributed by atoms with Crippen LogP contribution in [-0.2, 0) is 4.79 Å². The van der Waals surface area contributed by atoms with Crippen molar-refractivity contribution >= 4 is 17.3 Å². The van der Waals surface area contributed by atoms with E-state index in [1.165, 1.54) is 12.1 Å². The lowest BCUT2D eigenvalue weighted by molar-refractivity contribution is -0.118. The molecule has 1 aromatic carbocycles. The number of anilines is 1. The molecular formula is C12H13FN2O2. The largest absolute Gasteiger partial charge is 0.411 e. The van der Waals surface area contributed by atoms with Gasteiger partial charge in [0, 0.05) is 24.9 Å². The zero-order valence-electron chi connectivity index (χ0n) is 9.48. The molecule has 0 spiro atoms. The van der Waals surface area contributed by atoms with Crippen LogP contribution < -0.4 is 4.90 Å². The first-order valence-electron chi connectivity index (χ1n) is 5.48. The zero-order valence-corrected chi connectivity index (χ0v) is 9.48. The topological polar surface area (TPSA) is 52.9 Å². The van der Waals surface area contributed by atoms with Gasteiger partial charge in [-0.1, -0.05) is 12.1 Å². The number of carbonyl (C=O) groups excluding carboxylic acids is 1. The molecule has 0 unspecified atom stereocenters. The number of amides is 1. The van der Waals surface area contributed by atoms with E-state index in [4.69, 9.17) is 5.21 Å². The molecule has 0 saturated carbocycles. The summed E-state index contributed by atoms with van der Waals surface area (Å²) in [5.41, 5.74) is 1.51. The summed E-state index contributed by atoms with van der Waals surface area (Å²) in [6.45, 7) is 2.24. The van der Waals surface area contributed by atoms with Crippen LogP contribution in [-0.4, -0.2) is 23.4 Å². The molecule has 1 heterocycles. The molecule has 17 heavy (non-hydrogen) atoms. The molecule has 0 atom stereocenters. The standard InChI is InChI=1S/C12H13FN2O2/c1-2-12(16)15-6-5-10(14-17)9-7-8(13)3-4-11(9)15/h3-4,7,17H,2,5-6H2,1H3/b14-10-. The molecule has 1 aliphatic rings. The zero-order chi connectivity index (χ0) is 12.4. The summed E-state index contributed by atoms with van der Waals surface area (Å²) in [7, 11) is 0. The quantitative estimate of drug-likeness (QED) is 0.600. The molecule has 0 saturated heterocycles. The fourth-order valence-electron chi connectivity index (χ4n) is 2.00. The van der Waals surface area contributed by atoms with Crippen LogP contribution in [0.1, 0.15) is 25.3 Å². The van der Waals surface area contributed by atoms with Crippen molar-refractivity contribution in [1.29, 1.82) is 0 Å². The van der Waals surface area contributed by atoms with Crippen molar-refractivity contribution in [3.8, 4) is 0 Å². The Bertz CT molecular complexity index is 485. The maximum absolute atomic E-state index is 13.2. The van der Waals surface area contributed by atoms with Crippen molar-refractivity contribution in [3.63, 3.8) is 0 Å². The van der Waals surface area contributed by atoms with Gasteiger partial charge in [-0.3, -0.25) is 4.79 Å². The number of benzene rings is 1. The van der Waals surface area contributed by atoms with Gasteiger partial charge in [0.2, 0.25) is 5.91 Å². The van der Waals surface area contributed by atoms with E-state index in [0.717, 1.165) is 0 Å². The minimum atomic E-state index is -0.407. The number of rotatable bonds is 1. The predicted molar refractivity (Wildman–Crippen MR) is 62.0 cm³/mol. The molecule has 1 aromatic rings. The molecule has 1 amide bonds. The molecule has 1 aliphatic heterocycles. The van der Waals surface area contributed by atoms with E-state index in [-0.39, 0.29) is 5.91 Å². The molecule has 0 aliphatic carbocycles. The maximum atomic E-state index is 13.2. The lowest BCUT2D eigenvalue weighted by Gasteiger charge is -2.29. The molecule has 0 bridgehead atoms. The Balaban J connectivity index is 2.51. The van der Waals surface area contributed by atoms with Gasteiger partial charge in [0.25, 0.3) is 0 Å². The average Bonchev–Trinajstić information content (AvgIpc) is 2.36. The van der Waals surface area contributed by atoms with Crippen LogP contribution in [0.4, 0.5) is 10.1 Å². The summed E-state index contributed by atoms with van der Waals surface area (Å²) in [4.78, 5) is 13.3. The van der Waals surface area contributed by atoms with E-state index < -0.39 is 5.82 Å². The van der Waals surface area contributed by atoms with Crippen molar-refractivity contribution in [3.05, 3.63) is 29.6 Å². The highest BCUT2D eigenvalue weighted by Crippen LogP contribution is 2.28. The SMILES string of the molecule is CCC(=O)N1CC/C(=N/O)c2cc(F)ccc21. The van der Waals surface area contributed by atoms with Crippen LogP contribution >= 0.6 is 0 Å². The minimum Gasteiger partial charge on any atom is -0.411 e. The van der Waals surface area contributed by atoms with Gasteiger partial charge in [-0.2, -0.15) is 0 Å². The Morgan fingerprint density at radius 3 is 3.00 bits per heavy atom. The van der Waals surface area contributed by atoms with Crippen LogP contribution in [0.5, 0.6) is 0 Å². The van der Waals surface area contributed by atoms with Crippen LogP contribution in [0.15, 0.2) is 23.4 Å². The molecular weight excluding hydrogens is 223 g/mol. The second-order valence-electron chi connectivity index (χ2n) is 3.86. The minimum absolute atomic E-state index is 0.0187. The number of carbonyl (C=O) groups is 1. The van der Waals surface area contributed by atoms with Gasteiger partial charge in [-0.25, -0.2) is 4.39 Å². The van der Waals surface area contributed by atoms with Crippen LogP contribution in [0.3, 0.4) is 0 Å². The smallest absolute Gasteiger partial charge is 0.226 e. The number of halogens is 1. The van der Waals surface area contributed by atoms with E-state index >= 15 is 0 Å². The maximum Gasteiger partial charge on any atom is 0.226 e. The van der Waals surface area contributed by atoms with Crippen molar-refractivity contribution in [2.24, 2.45) is 5.16 Å². The molecule has 0 fully saturated rings. The second-order valence-corrected chi connectivity index (χ2v) is 3.86. The Hall–Kier alpha value is -1.91. The first kappa shape index (κ1) is 11.6. The monoisotopic (exact) mass is 236 g/mol. The number of hydrogen-bond donors (Lipinski definition) is 1. The van der Waals surface area contributed by atoms with Gasteiger partial charge in [0.15, 0.2) is 0 Å². The molecule has 90 valence electrons. The van der Waals surface area contributed by atoms with E-state index in [9.17, 15) is 9.18 Å². The predicted octanol–water partition coefficient (Wildman–Crippen LogP) is 2.15. The third-order valence-electron chi connectivity index (χ3n) is 2.86. The van der Waals surface area contributed by atoms with Gasteiger partial charge in [-0.05, 0) is 18.2 Å². The summed E-state index contributed by atoms with van der Waals surface area (Å²) >= 11 is 0. The van der Waals surface area contributed by atoms with Crippen molar-refractivity contribution in [2.45, 2.75) is 19.8 Å². The Labute approximate surface area is 98.3 Å². The molecule has 4 nitrogen and oxygen atoms in total. The first-order valence-corrected chi connectivity index (χ1v) is 5.48. The van der Waals surface area contributed by atoms with Crippen LogP contribution in [0, 0.1) is 5.82 Å². The number of hydrogen-bond acceptors (Lipinski definition) is 3. The second kappa shape index (κ2) is 4.53. The number of nitrogens with zero attached hydrogens (tertiary/aromatic N) is 2. The Kier molecular flexibility index (Phi) is 3.08. The highest BCUT2D eigenvalue weighted by atomic mass is 19.1. The normalized spacial score (nSPS) is 17.1. The van der Waals surface area contributed by atoms with Crippen molar-refractivity contribution in [1.82, 2.24) is 0 Å². The number of oxime groups is 1. The third kappa shape index (κ3) is 2.00. The molecule has 5 heteroatoms. The van der Waals surface area contributed by atoms with Gasteiger partial charge >= 0.3 is 0 Å². The van der Waals surface area contributed by atoms with Gasteiger partial charge in [0.05, 0.1) is 11.4 Å². The van der Waals surface area contributed by atoms with Gasteiger partial charge < -0.3 is 10.1 Å². The fourth-order valence-corrected chi connectivity index (χ4v) is 2.00.